The molecule has 0 aliphatic heterocycles. The van der Waals surface area contributed by atoms with E-state index in [-0.39, 0.29) is 24.0 Å². The van der Waals surface area contributed by atoms with Gasteiger partial charge in [-0.2, -0.15) is 0 Å². The highest BCUT2D eigenvalue weighted by molar-refractivity contribution is 4.83. The maximum absolute atomic E-state index is 9.80. The Kier molecular flexibility index (Phi) is 3.13. The first-order valence-corrected chi connectivity index (χ1v) is 4.90. The van der Waals surface area contributed by atoms with Gasteiger partial charge in [0.25, 0.3) is 0 Å². The zero-order valence-corrected chi connectivity index (χ0v) is 8.20. The van der Waals surface area contributed by atoms with Crippen molar-refractivity contribution in [2.24, 2.45) is 17.8 Å². The third-order valence-corrected chi connectivity index (χ3v) is 3.48. The van der Waals surface area contributed by atoms with E-state index in [0.29, 0.717) is 5.92 Å². The van der Waals surface area contributed by atoms with Crippen LogP contribution in [0.2, 0.25) is 0 Å². The van der Waals surface area contributed by atoms with Crippen molar-refractivity contribution in [3.63, 3.8) is 0 Å². The zero-order chi connectivity index (χ0) is 9.30. The van der Waals surface area contributed by atoms with Gasteiger partial charge in [0.2, 0.25) is 0 Å². The Morgan fingerprint density at radius 1 is 0.917 bits per heavy atom. The second kappa shape index (κ2) is 3.75. The molecule has 0 saturated heterocycles. The molecular formula is C10H20O2. The first-order valence-electron chi connectivity index (χ1n) is 4.90. The lowest BCUT2D eigenvalue weighted by Crippen LogP contribution is -2.30. The number of hydrogen-bond donors (Lipinski definition) is 2. The number of rotatable bonds is 0. The predicted molar refractivity (Wildman–Crippen MR) is 48.7 cm³/mol. The van der Waals surface area contributed by atoms with Crippen LogP contribution >= 0.6 is 0 Å². The highest BCUT2D eigenvalue weighted by Crippen LogP contribution is 2.31. The van der Waals surface area contributed by atoms with E-state index in [1.807, 2.05) is 13.8 Å². The van der Waals surface area contributed by atoms with Gasteiger partial charge in [-0.05, 0) is 30.6 Å². The summed E-state index contributed by atoms with van der Waals surface area (Å²) in [4.78, 5) is 0. The van der Waals surface area contributed by atoms with E-state index >= 15 is 0 Å². The van der Waals surface area contributed by atoms with E-state index in [4.69, 9.17) is 0 Å². The fraction of sp³-hybridized carbons (Fsp3) is 1.00. The van der Waals surface area contributed by atoms with E-state index in [2.05, 4.69) is 6.92 Å². The largest absolute Gasteiger partial charge is 0.393 e. The molecule has 0 radical (unpaired) electrons. The average molecular weight is 172 g/mol. The second-order valence-corrected chi connectivity index (χ2v) is 4.33. The lowest BCUT2D eigenvalue weighted by molar-refractivity contribution is 0.0236. The molecule has 1 saturated carbocycles. The molecule has 1 aliphatic carbocycles. The molecule has 0 spiro atoms. The van der Waals surface area contributed by atoms with Crippen molar-refractivity contribution >= 4 is 0 Å². The number of aliphatic hydroxyl groups excluding tert-OH is 2. The van der Waals surface area contributed by atoms with Crippen molar-refractivity contribution in [2.75, 3.05) is 0 Å². The molecule has 0 aromatic carbocycles. The topological polar surface area (TPSA) is 40.5 Å². The molecule has 0 amide bonds. The Hall–Kier alpha value is -0.0800. The molecule has 1 fully saturated rings. The van der Waals surface area contributed by atoms with Crippen LogP contribution in [0.4, 0.5) is 0 Å². The molecule has 0 bridgehead atoms. The van der Waals surface area contributed by atoms with Crippen LogP contribution in [-0.4, -0.2) is 22.4 Å². The van der Waals surface area contributed by atoms with Crippen molar-refractivity contribution < 1.29 is 10.2 Å². The third-order valence-electron chi connectivity index (χ3n) is 3.48. The molecule has 1 aliphatic rings. The smallest absolute Gasteiger partial charge is 0.0594 e. The minimum atomic E-state index is -0.239. The van der Waals surface area contributed by atoms with Crippen molar-refractivity contribution in [2.45, 2.75) is 45.8 Å². The second-order valence-electron chi connectivity index (χ2n) is 4.33. The van der Waals surface area contributed by atoms with Crippen molar-refractivity contribution in [1.29, 1.82) is 0 Å². The summed E-state index contributed by atoms with van der Waals surface area (Å²) in [6.07, 6.45) is 1.32. The van der Waals surface area contributed by atoms with Crippen LogP contribution in [0.15, 0.2) is 0 Å². The molecule has 2 nitrogen and oxygen atoms in total. The van der Waals surface area contributed by atoms with E-state index in [9.17, 15) is 10.2 Å². The van der Waals surface area contributed by atoms with Crippen LogP contribution in [0.5, 0.6) is 0 Å². The van der Waals surface area contributed by atoms with Gasteiger partial charge in [-0.15, -0.1) is 0 Å². The van der Waals surface area contributed by atoms with Gasteiger partial charge in [0, 0.05) is 0 Å². The van der Waals surface area contributed by atoms with Crippen LogP contribution in [-0.2, 0) is 0 Å². The fourth-order valence-corrected chi connectivity index (χ4v) is 2.05. The molecule has 72 valence electrons. The summed E-state index contributed by atoms with van der Waals surface area (Å²) in [6.45, 7) is 6.11. The van der Waals surface area contributed by atoms with E-state index in [1.165, 1.54) is 0 Å². The standard InChI is InChI=1S/C10H20O2/c1-6-4-5-9(11)7(2)8(3)10(6)12/h6-12H,4-5H2,1-3H3. The maximum atomic E-state index is 9.80. The third kappa shape index (κ3) is 1.80. The van der Waals surface area contributed by atoms with Gasteiger partial charge >= 0.3 is 0 Å². The van der Waals surface area contributed by atoms with Gasteiger partial charge in [-0.3, -0.25) is 0 Å². The molecule has 1 rings (SSSR count). The number of aliphatic hydroxyl groups is 2. The predicted octanol–water partition coefficient (Wildman–Crippen LogP) is 1.41. The summed E-state index contributed by atoms with van der Waals surface area (Å²) in [7, 11) is 0. The Labute approximate surface area is 74.6 Å². The van der Waals surface area contributed by atoms with Gasteiger partial charge in [-0.1, -0.05) is 20.8 Å². The summed E-state index contributed by atoms with van der Waals surface area (Å²) in [5.74, 6) is 0.780. The molecule has 5 atom stereocenters. The molecule has 0 heterocycles. The van der Waals surface area contributed by atoms with Crippen molar-refractivity contribution in [1.82, 2.24) is 0 Å². The zero-order valence-electron chi connectivity index (χ0n) is 8.20. The molecule has 0 aromatic heterocycles. The first kappa shape index (κ1) is 10.0. The SMILES string of the molecule is CC1CCC(O)C(C)C(C)C1O. The van der Waals surface area contributed by atoms with Gasteiger partial charge < -0.3 is 10.2 Å². The molecule has 2 heteroatoms. The summed E-state index contributed by atoms with van der Waals surface area (Å²) in [5, 5.41) is 19.5. The van der Waals surface area contributed by atoms with Gasteiger partial charge in [0.15, 0.2) is 0 Å². The van der Waals surface area contributed by atoms with Crippen molar-refractivity contribution in [3.8, 4) is 0 Å². The summed E-state index contributed by atoms with van der Waals surface area (Å²) >= 11 is 0. The van der Waals surface area contributed by atoms with Crippen LogP contribution < -0.4 is 0 Å². The van der Waals surface area contributed by atoms with Crippen LogP contribution in [0.1, 0.15) is 33.6 Å². The molecule has 12 heavy (non-hydrogen) atoms. The highest BCUT2D eigenvalue weighted by atomic mass is 16.3. The van der Waals surface area contributed by atoms with E-state index < -0.39 is 0 Å². The Bertz CT molecular complexity index is 131. The molecule has 0 aromatic rings. The van der Waals surface area contributed by atoms with Gasteiger partial charge in [0.1, 0.15) is 0 Å². The minimum absolute atomic E-state index is 0.220. The Morgan fingerprint density at radius 2 is 1.50 bits per heavy atom. The Balaban J connectivity index is 2.68. The van der Waals surface area contributed by atoms with Crippen LogP contribution in [0.25, 0.3) is 0 Å². The van der Waals surface area contributed by atoms with E-state index in [0.717, 1.165) is 12.8 Å². The van der Waals surface area contributed by atoms with Gasteiger partial charge in [-0.25, -0.2) is 0 Å². The van der Waals surface area contributed by atoms with Crippen LogP contribution in [0.3, 0.4) is 0 Å². The molecular weight excluding hydrogens is 152 g/mol. The van der Waals surface area contributed by atoms with Crippen molar-refractivity contribution in [3.05, 3.63) is 0 Å². The highest BCUT2D eigenvalue weighted by Gasteiger charge is 2.33. The average Bonchev–Trinajstić information content (AvgIpc) is 2.14. The van der Waals surface area contributed by atoms with Crippen LogP contribution in [0, 0.1) is 17.8 Å². The number of hydrogen-bond acceptors (Lipinski definition) is 2. The fourth-order valence-electron chi connectivity index (χ4n) is 2.05. The van der Waals surface area contributed by atoms with E-state index in [1.54, 1.807) is 0 Å². The monoisotopic (exact) mass is 172 g/mol. The minimum Gasteiger partial charge on any atom is -0.393 e. The lowest BCUT2D eigenvalue weighted by Gasteiger charge is -2.26. The quantitative estimate of drug-likeness (QED) is 0.542. The maximum Gasteiger partial charge on any atom is 0.0594 e. The first-order chi connectivity index (χ1) is 5.54. The molecule has 2 N–H and O–H groups in total. The molecule has 5 unspecified atom stereocenters. The summed E-state index contributed by atoms with van der Waals surface area (Å²) in [6, 6.07) is 0. The summed E-state index contributed by atoms with van der Waals surface area (Å²) in [5.41, 5.74) is 0. The lowest BCUT2D eigenvalue weighted by atomic mass is 9.85. The Morgan fingerprint density at radius 3 is 2.08 bits per heavy atom. The summed E-state index contributed by atoms with van der Waals surface area (Å²) < 4.78 is 0. The normalized spacial score (nSPS) is 50.2. The van der Waals surface area contributed by atoms with Gasteiger partial charge in [0.05, 0.1) is 12.2 Å².